The first-order valence-electron chi connectivity index (χ1n) is 4.27. The zero-order valence-corrected chi connectivity index (χ0v) is 7.18. The van der Waals surface area contributed by atoms with E-state index in [1.807, 2.05) is 17.3 Å². The summed E-state index contributed by atoms with van der Waals surface area (Å²) in [5.41, 5.74) is 8.37. The molecule has 5 heteroatoms. The summed E-state index contributed by atoms with van der Waals surface area (Å²) < 4.78 is 0. The molecule has 1 saturated heterocycles. The molecule has 0 aromatic carbocycles. The molecule has 0 aromatic rings. The lowest BCUT2D eigenvalue weighted by Gasteiger charge is -2.21. The number of hydrogen-bond acceptors (Lipinski definition) is 4. The van der Waals surface area contributed by atoms with Gasteiger partial charge in [-0.05, 0) is 6.08 Å². The normalized spacial score (nSPS) is 31.5. The molecule has 0 aromatic heterocycles. The van der Waals surface area contributed by atoms with Gasteiger partial charge in [0, 0.05) is 19.0 Å². The van der Waals surface area contributed by atoms with Gasteiger partial charge in [0.2, 0.25) is 5.91 Å². The van der Waals surface area contributed by atoms with Crippen LogP contribution in [0.5, 0.6) is 0 Å². The number of hydrazine groups is 1. The second-order valence-electron chi connectivity index (χ2n) is 3.20. The van der Waals surface area contributed by atoms with Crippen molar-refractivity contribution in [2.75, 3.05) is 13.1 Å². The number of allylic oxidation sites excluding steroid dienone is 1. The largest absolute Gasteiger partial charge is 0.369 e. The van der Waals surface area contributed by atoms with E-state index in [1.54, 1.807) is 6.21 Å². The van der Waals surface area contributed by atoms with E-state index in [0.717, 1.165) is 0 Å². The van der Waals surface area contributed by atoms with Gasteiger partial charge in [-0.15, -0.1) is 0 Å². The summed E-state index contributed by atoms with van der Waals surface area (Å²) in [6.07, 6.45) is 5.46. The molecule has 2 rings (SSSR count). The first-order chi connectivity index (χ1) is 6.29. The molecule has 0 saturated carbocycles. The van der Waals surface area contributed by atoms with Crippen molar-refractivity contribution in [3.05, 3.63) is 12.3 Å². The van der Waals surface area contributed by atoms with Crippen LogP contribution in [0, 0.1) is 5.92 Å². The molecule has 3 N–H and O–H groups in total. The molecule has 1 fully saturated rings. The molecular weight excluding hydrogens is 168 g/mol. The van der Waals surface area contributed by atoms with Gasteiger partial charge < -0.3 is 10.7 Å². The predicted molar refractivity (Wildman–Crippen MR) is 48.8 cm³/mol. The summed E-state index contributed by atoms with van der Waals surface area (Å²) in [4.78, 5) is 15.2. The maximum Gasteiger partial charge on any atom is 0.224 e. The van der Waals surface area contributed by atoms with Crippen LogP contribution in [0.25, 0.3) is 0 Å². The van der Waals surface area contributed by atoms with Gasteiger partial charge in [0.1, 0.15) is 0 Å². The third-order valence-electron chi connectivity index (χ3n) is 2.41. The minimum Gasteiger partial charge on any atom is -0.369 e. The third-order valence-corrected chi connectivity index (χ3v) is 2.41. The van der Waals surface area contributed by atoms with Crippen LogP contribution < -0.4 is 11.2 Å². The van der Waals surface area contributed by atoms with E-state index in [1.165, 1.54) is 0 Å². The van der Waals surface area contributed by atoms with Crippen molar-refractivity contribution in [2.24, 2.45) is 16.6 Å². The van der Waals surface area contributed by atoms with Gasteiger partial charge in [0.25, 0.3) is 0 Å². The van der Waals surface area contributed by atoms with Crippen molar-refractivity contribution in [1.82, 2.24) is 10.4 Å². The van der Waals surface area contributed by atoms with E-state index in [2.05, 4.69) is 10.4 Å². The number of nitrogens with two attached hydrogens (primary N) is 1. The van der Waals surface area contributed by atoms with Gasteiger partial charge >= 0.3 is 0 Å². The van der Waals surface area contributed by atoms with Crippen LogP contribution in [0.1, 0.15) is 0 Å². The van der Waals surface area contributed by atoms with Crippen molar-refractivity contribution in [1.29, 1.82) is 0 Å². The number of amides is 1. The van der Waals surface area contributed by atoms with Crippen LogP contribution in [0.2, 0.25) is 0 Å². The van der Waals surface area contributed by atoms with Gasteiger partial charge in [-0.2, -0.15) is 0 Å². The summed E-state index contributed by atoms with van der Waals surface area (Å²) in [5, 5.41) is 1.91. The van der Waals surface area contributed by atoms with Crippen LogP contribution in [-0.2, 0) is 4.79 Å². The lowest BCUT2D eigenvalue weighted by Crippen LogP contribution is -2.39. The highest BCUT2D eigenvalue weighted by atomic mass is 16.1. The number of rotatable bonds is 1. The quantitative estimate of drug-likeness (QED) is 0.536. The van der Waals surface area contributed by atoms with E-state index in [0.29, 0.717) is 13.1 Å². The fraction of sp³-hybridized carbons (Fsp3) is 0.500. The Kier molecular flexibility index (Phi) is 2.02. The molecule has 0 radical (unpaired) electrons. The fourth-order valence-corrected chi connectivity index (χ4v) is 1.68. The van der Waals surface area contributed by atoms with Crippen LogP contribution in [0.3, 0.4) is 0 Å². The van der Waals surface area contributed by atoms with Crippen LogP contribution in [0.15, 0.2) is 17.3 Å². The molecule has 2 heterocycles. The maximum absolute atomic E-state index is 11.0. The lowest BCUT2D eigenvalue weighted by molar-refractivity contribution is -0.121. The zero-order chi connectivity index (χ0) is 9.26. The Balaban J connectivity index is 2.16. The minimum absolute atomic E-state index is 0.0764. The second-order valence-corrected chi connectivity index (χ2v) is 3.20. The molecule has 2 aliphatic heterocycles. The van der Waals surface area contributed by atoms with Gasteiger partial charge in [-0.3, -0.25) is 9.79 Å². The number of carbonyl (C=O) groups excluding carboxylic acids is 1. The summed E-state index contributed by atoms with van der Waals surface area (Å²) in [7, 11) is 0. The molecule has 13 heavy (non-hydrogen) atoms. The average Bonchev–Trinajstić information content (AvgIpc) is 2.36. The van der Waals surface area contributed by atoms with E-state index >= 15 is 0 Å². The summed E-state index contributed by atoms with van der Waals surface area (Å²) in [6.45, 7) is 1.23. The monoisotopic (exact) mass is 180 g/mol. The van der Waals surface area contributed by atoms with Crippen molar-refractivity contribution in [3.8, 4) is 0 Å². The molecule has 2 aliphatic rings. The number of hydrogen-bond donors (Lipinski definition) is 2. The summed E-state index contributed by atoms with van der Waals surface area (Å²) in [5.74, 6) is -0.398. The molecule has 2 atom stereocenters. The first-order valence-corrected chi connectivity index (χ1v) is 4.27. The minimum atomic E-state index is -0.259. The second kappa shape index (κ2) is 3.18. The number of aliphatic imine (C=N–C) groups is 1. The Bertz CT molecular complexity index is 273. The van der Waals surface area contributed by atoms with Gasteiger partial charge in [-0.25, -0.2) is 5.43 Å². The molecule has 0 aliphatic carbocycles. The van der Waals surface area contributed by atoms with Gasteiger partial charge in [0.05, 0.1) is 18.5 Å². The van der Waals surface area contributed by atoms with Crippen molar-refractivity contribution < 1.29 is 4.79 Å². The standard InChI is InChI=1S/C8H12N4O/c9-8(13)6-4-11-12-3-1-2-10-5-7(6)12/h1-3,6-7,11H,4-5H2,(H2,9,13). The van der Waals surface area contributed by atoms with Crippen molar-refractivity contribution in [2.45, 2.75) is 6.04 Å². The molecule has 2 unspecified atom stereocenters. The smallest absolute Gasteiger partial charge is 0.224 e. The van der Waals surface area contributed by atoms with Crippen molar-refractivity contribution >= 4 is 12.1 Å². The predicted octanol–water partition coefficient (Wildman–Crippen LogP) is -1.13. The number of nitrogens with zero attached hydrogens (tertiary/aromatic N) is 2. The zero-order valence-electron chi connectivity index (χ0n) is 7.18. The number of primary amides is 1. The Hall–Kier alpha value is -1.36. The highest BCUT2D eigenvalue weighted by Gasteiger charge is 2.36. The maximum atomic E-state index is 11.0. The topological polar surface area (TPSA) is 70.7 Å². The molecular formula is C8H12N4O. The Morgan fingerprint density at radius 3 is 3.31 bits per heavy atom. The molecule has 70 valence electrons. The average molecular weight is 180 g/mol. The van der Waals surface area contributed by atoms with Crippen LogP contribution >= 0.6 is 0 Å². The van der Waals surface area contributed by atoms with Crippen LogP contribution in [0.4, 0.5) is 0 Å². The van der Waals surface area contributed by atoms with E-state index < -0.39 is 0 Å². The molecule has 0 spiro atoms. The van der Waals surface area contributed by atoms with Crippen molar-refractivity contribution in [3.63, 3.8) is 0 Å². The fourth-order valence-electron chi connectivity index (χ4n) is 1.68. The van der Waals surface area contributed by atoms with Crippen LogP contribution in [-0.4, -0.2) is 36.3 Å². The summed E-state index contributed by atoms with van der Waals surface area (Å²) >= 11 is 0. The van der Waals surface area contributed by atoms with Gasteiger partial charge in [0.15, 0.2) is 0 Å². The van der Waals surface area contributed by atoms with E-state index in [-0.39, 0.29) is 17.9 Å². The summed E-state index contributed by atoms with van der Waals surface area (Å²) in [6, 6.07) is 0.0764. The van der Waals surface area contributed by atoms with Gasteiger partial charge in [-0.1, -0.05) is 0 Å². The molecule has 5 nitrogen and oxygen atoms in total. The Labute approximate surface area is 76.3 Å². The SMILES string of the molecule is NC(=O)C1CNN2C=CC=NCC12. The Morgan fingerprint density at radius 1 is 1.69 bits per heavy atom. The highest BCUT2D eigenvalue weighted by molar-refractivity contribution is 5.78. The molecule has 0 bridgehead atoms. The number of fused-ring (bicyclic) bond motifs is 1. The lowest BCUT2D eigenvalue weighted by atomic mass is 10.0. The Morgan fingerprint density at radius 2 is 2.54 bits per heavy atom. The molecule has 1 amide bonds. The first kappa shape index (κ1) is 8.25. The van der Waals surface area contributed by atoms with E-state index in [4.69, 9.17) is 5.73 Å². The number of carbonyl (C=O) groups is 1. The number of nitrogens with one attached hydrogen (secondary N) is 1. The van der Waals surface area contributed by atoms with E-state index in [9.17, 15) is 4.79 Å². The highest BCUT2D eigenvalue weighted by Crippen LogP contribution is 2.17. The third kappa shape index (κ3) is 1.42.